The van der Waals surface area contributed by atoms with Crippen LogP contribution in [-0.2, 0) is 4.74 Å². The predicted octanol–water partition coefficient (Wildman–Crippen LogP) is 4.68. The zero-order chi connectivity index (χ0) is 21.7. The molecule has 30 heavy (non-hydrogen) atoms. The van der Waals surface area contributed by atoms with Crippen molar-refractivity contribution in [3.63, 3.8) is 0 Å². The first-order valence-corrected chi connectivity index (χ1v) is 10.8. The van der Waals surface area contributed by atoms with Gasteiger partial charge in [-0.15, -0.1) is 0 Å². The highest BCUT2D eigenvalue weighted by Crippen LogP contribution is 2.26. The van der Waals surface area contributed by atoms with Crippen LogP contribution in [0.15, 0.2) is 24.4 Å². The van der Waals surface area contributed by atoms with Crippen LogP contribution >= 0.6 is 23.2 Å². The van der Waals surface area contributed by atoms with Gasteiger partial charge in [0.25, 0.3) is 11.8 Å². The van der Waals surface area contributed by atoms with E-state index in [1.165, 1.54) is 6.20 Å². The molecule has 1 aliphatic carbocycles. The number of aromatic nitrogens is 2. The van der Waals surface area contributed by atoms with Crippen molar-refractivity contribution in [2.75, 3.05) is 11.9 Å². The van der Waals surface area contributed by atoms with Gasteiger partial charge >= 0.3 is 0 Å². The Hall–Kier alpha value is -2.09. The Morgan fingerprint density at radius 2 is 1.83 bits per heavy atom. The number of ether oxygens (including phenoxy) is 1. The fraction of sp³-hybridized carbons (Fsp3) is 0.476. The number of carbonyl (C=O) groups excluding carboxylic acids is 2. The minimum absolute atomic E-state index is 0.0567. The SMILES string of the molecule is CC(C)COC1CCC(NC(=O)c2[nH]ncc2NC(=O)c2c(Cl)cccc2Cl)CC1. The topological polar surface area (TPSA) is 96.1 Å². The number of amides is 2. The number of halogens is 2. The summed E-state index contributed by atoms with van der Waals surface area (Å²) in [5.41, 5.74) is 0.597. The molecule has 1 aromatic heterocycles. The Morgan fingerprint density at radius 1 is 1.17 bits per heavy atom. The van der Waals surface area contributed by atoms with E-state index in [0.717, 1.165) is 32.3 Å². The van der Waals surface area contributed by atoms with Crippen LogP contribution in [0.5, 0.6) is 0 Å². The quantitative estimate of drug-likeness (QED) is 0.567. The molecule has 3 rings (SSSR count). The molecule has 0 saturated heterocycles. The first-order valence-electron chi connectivity index (χ1n) is 10.1. The molecule has 1 fully saturated rings. The monoisotopic (exact) mass is 452 g/mol. The second-order valence-corrected chi connectivity index (χ2v) is 8.70. The van der Waals surface area contributed by atoms with Gasteiger partial charge in [-0.1, -0.05) is 43.1 Å². The van der Waals surface area contributed by atoms with Gasteiger partial charge in [-0.25, -0.2) is 0 Å². The molecule has 0 atom stereocenters. The molecule has 162 valence electrons. The molecule has 7 nitrogen and oxygen atoms in total. The normalized spacial score (nSPS) is 19.0. The number of anilines is 1. The third-order valence-electron chi connectivity index (χ3n) is 4.98. The minimum Gasteiger partial charge on any atom is -0.378 e. The van der Waals surface area contributed by atoms with Gasteiger partial charge in [0.05, 0.1) is 33.6 Å². The number of aromatic amines is 1. The summed E-state index contributed by atoms with van der Waals surface area (Å²) in [6.07, 6.45) is 5.15. The van der Waals surface area contributed by atoms with Gasteiger partial charge in [0.15, 0.2) is 0 Å². The van der Waals surface area contributed by atoms with E-state index in [9.17, 15) is 9.59 Å². The van der Waals surface area contributed by atoms with Crippen molar-refractivity contribution in [3.8, 4) is 0 Å². The maximum absolute atomic E-state index is 12.7. The highest BCUT2D eigenvalue weighted by molar-refractivity contribution is 6.40. The van der Waals surface area contributed by atoms with E-state index in [-0.39, 0.29) is 45.0 Å². The van der Waals surface area contributed by atoms with Gasteiger partial charge in [-0.2, -0.15) is 5.10 Å². The lowest BCUT2D eigenvalue weighted by Gasteiger charge is -2.29. The molecule has 1 heterocycles. The molecule has 3 N–H and O–H groups in total. The lowest BCUT2D eigenvalue weighted by molar-refractivity contribution is 0.00858. The molecule has 0 unspecified atom stereocenters. The van der Waals surface area contributed by atoms with E-state index < -0.39 is 5.91 Å². The zero-order valence-corrected chi connectivity index (χ0v) is 18.5. The second kappa shape index (κ2) is 10.3. The summed E-state index contributed by atoms with van der Waals surface area (Å²) >= 11 is 12.2. The molecule has 0 bridgehead atoms. The number of hydrogen-bond donors (Lipinski definition) is 3. The van der Waals surface area contributed by atoms with Crippen LogP contribution < -0.4 is 10.6 Å². The summed E-state index contributed by atoms with van der Waals surface area (Å²) in [5.74, 6) is -0.319. The van der Waals surface area contributed by atoms with Crippen molar-refractivity contribution in [2.24, 2.45) is 5.92 Å². The molecule has 1 aromatic carbocycles. The molecule has 1 aliphatic rings. The number of nitrogens with zero attached hydrogens (tertiary/aromatic N) is 1. The highest BCUT2D eigenvalue weighted by atomic mass is 35.5. The fourth-order valence-electron chi connectivity index (χ4n) is 3.41. The average Bonchev–Trinajstić information content (AvgIpc) is 3.15. The predicted molar refractivity (Wildman–Crippen MR) is 117 cm³/mol. The Morgan fingerprint density at radius 3 is 2.47 bits per heavy atom. The summed E-state index contributed by atoms with van der Waals surface area (Å²) in [5, 5.41) is 12.7. The van der Waals surface area contributed by atoms with Crippen molar-refractivity contribution in [1.29, 1.82) is 0 Å². The van der Waals surface area contributed by atoms with Crippen LogP contribution in [0.4, 0.5) is 5.69 Å². The Labute approximate surface area is 185 Å². The Bertz CT molecular complexity index is 872. The summed E-state index contributed by atoms with van der Waals surface area (Å²) in [6.45, 7) is 5.02. The smallest absolute Gasteiger partial charge is 0.271 e. The number of nitrogens with one attached hydrogen (secondary N) is 3. The summed E-state index contributed by atoms with van der Waals surface area (Å²) in [4.78, 5) is 25.3. The largest absolute Gasteiger partial charge is 0.378 e. The van der Waals surface area contributed by atoms with Gasteiger partial charge < -0.3 is 15.4 Å². The molecular weight excluding hydrogens is 427 g/mol. The van der Waals surface area contributed by atoms with Crippen molar-refractivity contribution in [2.45, 2.75) is 51.7 Å². The number of rotatable bonds is 7. The van der Waals surface area contributed by atoms with Crippen LogP contribution in [0.1, 0.15) is 60.4 Å². The van der Waals surface area contributed by atoms with Crippen LogP contribution in [0.25, 0.3) is 0 Å². The summed E-state index contributed by atoms with van der Waals surface area (Å²) in [6, 6.07) is 4.86. The maximum atomic E-state index is 12.7. The van der Waals surface area contributed by atoms with E-state index >= 15 is 0 Å². The fourth-order valence-corrected chi connectivity index (χ4v) is 3.98. The third kappa shape index (κ3) is 5.74. The first-order chi connectivity index (χ1) is 14.3. The summed E-state index contributed by atoms with van der Waals surface area (Å²) < 4.78 is 5.90. The number of benzene rings is 1. The molecule has 0 aliphatic heterocycles. The van der Waals surface area contributed by atoms with Gasteiger partial charge in [0.2, 0.25) is 0 Å². The van der Waals surface area contributed by atoms with E-state index in [1.807, 2.05) is 0 Å². The van der Waals surface area contributed by atoms with Gasteiger partial charge in [-0.3, -0.25) is 14.7 Å². The molecule has 2 aromatic rings. The lowest BCUT2D eigenvalue weighted by atomic mass is 9.92. The second-order valence-electron chi connectivity index (χ2n) is 7.88. The third-order valence-corrected chi connectivity index (χ3v) is 5.61. The average molecular weight is 453 g/mol. The van der Waals surface area contributed by atoms with E-state index in [2.05, 4.69) is 34.7 Å². The number of H-pyrrole nitrogens is 1. The van der Waals surface area contributed by atoms with Crippen LogP contribution in [0.3, 0.4) is 0 Å². The first kappa shape index (κ1) is 22.6. The van der Waals surface area contributed by atoms with Crippen LogP contribution in [0.2, 0.25) is 10.0 Å². The van der Waals surface area contributed by atoms with Crippen LogP contribution in [0, 0.1) is 5.92 Å². The van der Waals surface area contributed by atoms with E-state index in [4.69, 9.17) is 27.9 Å². The molecular formula is C21H26Cl2N4O3. The Kier molecular flexibility index (Phi) is 7.75. The van der Waals surface area contributed by atoms with Crippen molar-refractivity contribution in [3.05, 3.63) is 45.7 Å². The van der Waals surface area contributed by atoms with E-state index in [1.54, 1.807) is 18.2 Å². The van der Waals surface area contributed by atoms with Crippen LogP contribution in [-0.4, -0.2) is 40.8 Å². The van der Waals surface area contributed by atoms with Gasteiger partial charge in [0.1, 0.15) is 5.69 Å². The summed E-state index contributed by atoms with van der Waals surface area (Å²) in [7, 11) is 0. The Balaban J connectivity index is 1.57. The number of carbonyl (C=O) groups is 2. The van der Waals surface area contributed by atoms with Gasteiger partial charge in [0, 0.05) is 12.6 Å². The molecule has 1 saturated carbocycles. The van der Waals surface area contributed by atoms with Crippen molar-refractivity contribution < 1.29 is 14.3 Å². The lowest BCUT2D eigenvalue weighted by Crippen LogP contribution is -2.39. The highest BCUT2D eigenvalue weighted by Gasteiger charge is 2.25. The van der Waals surface area contributed by atoms with Crippen molar-refractivity contribution in [1.82, 2.24) is 15.5 Å². The standard InChI is InChI=1S/C21H26Cl2N4O3/c1-12(2)11-30-14-8-6-13(7-9-14)25-21(29)19-17(10-24-27-19)26-20(28)18-15(22)4-3-5-16(18)23/h3-5,10,12-14H,6-9,11H2,1-2H3,(H,24,27)(H,25,29)(H,26,28). The maximum Gasteiger partial charge on any atom is 0.271 e. The zero-order valence-electron chi connectivity index (χ0n) is 17.0. The van der Waals surface area contributed by atoms with Gasteiger partial charge in [-0.05, 0) is 43.7 Å². The molecule has 0 radical (unpaired) electrons. The molecule has 9 heteroatoms. The molecule has 0 spiro atoms. The number of hydrogen-bond acceptors (Lipinski definition) is 4. The van der Waals surface area contributed by atoms with E-state index in [0.29, 0.717) is 5.92 Å². The molecule has 2 amide bonds. The minimum atomic E-state index is -0.510. The van der Waals surface area contributed by atoms with Crippen molar-refractivity contribution >= 4 is 40.7 Å².